The van der Waals surface area contributed by atoms with Crippen molar-refractivity contribution in [2.45, 2.75) is 52.0 Å². The topological polar surface area (TPSA) is 49.3 Å². The smallest absolute Gasteiger partial charge is 0.193 e. The molecule has 26 heavy (non-hydrogen) atoms. The van der Waals surface area contributed by atoms with Crippen LogP contribution in [0.3, 0.4) is 0 Å². The van der Waals surface area contributed by atoms with Crippen LogP contribution in [0.5, 0.6) is 0 Å². The van der Waals surface area contributed by atoms with E-state index in [4.69, 9.17) is 14.5 Å². The molecule has 6 heteroatoms. The van der Waals surface area contributed by atoms with Gasteiger partial charge in [-0.3, -0.25) is 9.89 Å². The highest BCUT2D eigenvalue weighted by Gasteiger charge is 2.29. The van der Waals surface area contributed by atoms with Crippen LogP contribution < -0.4 is 5.32 Å². The van der Waals surface area contributed by atoms with Crippen molar-refractivity contribution in [1.82, 2.24) is 15.1 Å². The van der Waals surface area contributed by atoms with Gasteiger partial charge in [-0.2, -0.15) is 0 Å². The third-order valence-electron chi connectivity index (χ3n) is 5.53. The van der Waals surface area contributed by atoms with E-state index in [1.54, 1.807) is 7.11 Å². The average molecular weight is 369 g/mol. The molecule has 0 aromatic rings. The highest BCUT2D eigenvalue weighted by atomic mass is 16.5. The Balaban J connectivity index is 1.85. The van der Waals surface area contributed by atoms with Crippen LogP contribution in [-0.4, -0.2) is 87.5 Å². The maximum absolute atomic E-state index is 5.72. The Bertz CT molecular complexity index is 422. The number of aliphatic imine (C=N–C) groups is 1. The molecule has 1 atom stereocenters. The van der Waals surface area contributed by atoms with E-state index >= 15 is 0 Å². The summed E-state index contributed by atoms with van der Waals surface area (Å²) in [6, 6.07) is 0. The van der Waals surface area contributed by atoms with E-state index in [1.165, 1.54) is 38.8 Å². The van der Waals surface area contributed by atoms with Crippen LogP contribution in [0, 0.1) is 5.92 Å². The SMILES string of the molecule is CCNC(=NCC(C)(C)N1CCCCC1)N1CCC(COCCOC)C1. The van der Waals surface area contributed by atoms with Gasteiger partial charge in [-0.05, 0) is 53.1 Å². The number of piperidine rings is 1. The molecule has 2 saturated heterocycles. The fraction of sp³-hybridized carbons (Fsp3) is 0.950. The number of likely N-dealkylation sites (tertiary alicyclic amines) is 2. The zero-order chi connectivity index (χ0) is 18.8. The van der Waals surface area contributed by atoms with Gasteiger partial charge in [-0.1, -0.05) is 6.42 Å². The van der Waals surface area contributed by atoms with Gasteiger partial charge in [0.1, 0.15) is 0 Å². The summed E-state index contributed by atoms with van der Waals surface area (Å²) in [6.45, 7) is 15.3. The molecule has 0 radical (unpaired) electrons. The lowest BCUT2D eigenvalue weighted by Gasteiger charge is -2.40. The standard InChI is InChI=1S/C20H40N4O2/c1-5-21-19(22-17-20(2,3)24-10-7-6-8-11-24)23-12-9-18(15-23)16-26-14-13-25-4/h18H,5-17H2,1-4H3,(H,21,22). The number of rotatable bonds is 9. The van der Waals surface area contributed by atoms with Gasteiger partial charge in [0.25, 0.3) is 0 Å². The van der Waals surface area contributed by atoms with Crippen molar-refractivity contribution in [3.05, 3.63) is 0 Å². The number of hydrogen-bond acceptors (Lipinski definition) is 4. The summed E-state index contributed by atoms with van der Waals surface area (Å²) < 4.78 is 10.8. The van der Waals surface area contributed by atoms with E-state index < -0.39 is 0 Å². The Morgan fingerprint density at radius 3 is 2.62 bits per heavy atom. The summed E-state index contributed by atoms with van der Waals surface area (Å²) in [5, 5.41) is 3.49. The van der Waals surface area contributed by atoms with Crippen molar-refractivity contribution in [2.24, 2.45) is 10.9 Å². The summed E-state index contributed by atoms with van der Waals surface area (Å²) in [5.74, 6) is 1.66. The van der Waals surface area contributed by atoms with Gasteiger partial charge in [0.15, 0.2) is 5.96 Å². The average Bonchev–Trinajstić information content (AvgIpc) is 3.12. The fourth-order valence-corrected chi connectivity index (χ4v) is 3.85. The lowest BCUT2D eigenvalue weighted by molar-refractivity contribution is 0.0536. The maximum Gasteiger partial charge on any atom is 0.193 e. The van der Waals surface area contributed by atoms with E-state index in [0.29, 0.717) is 19.1 Å². The van der Waals surface area contributed by atoms with Gasteiger partial charge in [0.05, 0.1) is 26.4 Å². The monoisotopic (exact) mass is 368 g/mol. The molecule has 2 rings (SSSR count). The number of hydrogen-bond donors (Lipinski definition) is 1. The zero-order valence-corrected chi connectivity index (χ0v) is 17.4. The lowest BCUT2D eigenvalue weighted by Crippen LogP contribution is -2.50. The molecule has 152 valence electrons. The molecule has 1 N–H and O–H groups in total. The second-order valence-electron chi connectivity index (χ2n) is 8.20. The van der Waals surface area contributed by atoms with E-state index in [9.17, 15) is 0 Å². The molecular weight excluding hydrogens is 328 g/mol. The molecule has 2 aliphatic rings. The Morgan fingerprint density at radius 2 is 1.92 bits per heavy atom. The summed E-state index contributed by atoms with van der Waals surface area (Å²) in [4.78, 5) is 10.0. The minimum atomic E-state index is 0.128. The van der Waals surface area contributed by atoms with Crippen LogP contribution in [-0.2, 0) is 9.47 Å². The Labute approximate surface area is 160 Å². The van der Waals surface area contributed by atoms with Gasteiger partial charge in [0, 0.05) is 38.2 Å². The van der Waals surface area contributed by atoms with Crippen LogP contribution in [0.2, 0.25) is 0 Å². The molecule has 6 nitrogen and oxygen atoms in total. The highest BCUT2D eigenvalue weighted by molar-refractivity contribution is 5.80. The molecule has 0 bridgehead atoms. The minimum absolute atomic E-state index is 0.128. The van der Waals surface area contributed by atoms with Crippen molar-refractivity contribution < 1.29 is 9.47 Å². The predicted octanol–water partition coefficient (Wildman–Crippen LogP) is 2.20. The first-order chi connectivity index (χ1) is 12.6. The van der Waals surface area contributed by atoms with E-state index in [-0.39, 0.29) is 5.54 Å². The summed E-state index contributed by atoms with van der Waals surface area (Å²) in [7, 11) is 1.71. The summed E-state index contributed by atoms with van der Waals surface area (Å²) in [6.07, 6.45) is 5.20. The van der Waals surface area contributed by atoms with Crippen LogP contribution in [0.1, 0.15) is 46.5 Å². The molecule has 2 heterocycles. The Kier molecular flexibility index (Phi) is 9.16. The molecule has 0 aromatic carbocycles. The molecule has 2 aliphatic heterocycles. The predicted molar refractivity (Wildman–Crippen MR) is 108 cm³/mol. The van der Waals surface area contributed by atoms with Gasteiger partial charge in [0.2, 0.25) is 0 Å². The highest BCUT2D eigenvalue weighted by Crippen LogP contribution is 2.22. The molecular formula is C20H40N4O2. The van der Waals surface area contributed by atoms with Gasteiger partial charge in [-0.15, -0.1) is 0 Å². The van der Waals surface area contributed by atoms with Crippen molar-refractivity contribution in [2.75, 3.05) is 66.2 Å². The number of nitrogens with zero attached hydrogens (tertiary/aromatic N) is 3. The van der Waals surface area contributed by atoms with E-state index in [2.05, 4.69) is 35.9 Å². The first-order valence-corrected chi connectivity index (χ1v) is 10.4. The zero-order valence-electron chi connectivity index (χ0n) is 17.4. The van der Waals surface area contributed by atoms with Gasteiger partial charge in [-0.25, -0.2) is 0 Å². The van der Waals surface area contributed by atoms with Crippen molar-refractivity contribution in [3.63, 3.8) is 0 Å². The van der Waals surface area contributed by atoms with Crippen molar-refractivity contribution in [3.8, 4) is 0 Å². The van der Waals surface area contributed by atoms with Crippen LogP contribution in [0.15, 0.2) is 4.99 Å². The quantitative estimate of drug-likeness (QED) is 0.384. The molecule has 0 amide bonds. The number of guanidine groups is 1. The molecule has 0 saturated carbocycles. The van der Waals surface area contributed by atoms with Crippen LogP contribution in [0.25, 0.3) is 0 Å². The van der Waals surface area contributed by atoms with Crippen molar-refractivity contribution >= 4 is 5.96 Å². The summed E-state index contributed by atoms with van der Waals surface area (Å²) in [5.41, 5.74) is 0.128. The van der Waals surface area contributed by atoms with E-state index in [0.717, 1.165) is 38.7 Å². The second kappa shape index (κ2) is 11.1. The Hall–Kier alpha value is -0.850. The maximum atomic E-state index is 5.72. The van der Waals surface area contributed by atoms with Crippen LogP contribution in [0.4, 0.5) is 0 Å². The van der Waals surface area contributed by atoms with Crippen molar-refractivity contribution in [1.29, 1.82) is 0 Å². The second-order valence-corrected chi connectivity index (χ2v) is 8.20. The first-order valence-electron chi connectivity index (χ1n) is 10.4. The van der Waals surface area contributed by atoms with E-state index in [1.807, 2.05) is 0 Å². The lowest BCUT2D eigenvalue weighted by atomic mass is 9.99. The Morgan fingerprint density at radius 1 is 1.15 bits per heavy atom. The molecule has 0 aromatic heterocycles. The van der Waals surface area contributed by atoms with Gasteiger partial charge < -0.3 is 19.7 Å². The van der Waals surface area contributed by atoms with Crippen LogP contribution >= 0.6 is 0 Å². The third-order valence-corrected chi connectivity index (χ3v) is 5.53. The normalized spacial score (nSPS) is 22.8. The summed E-state index contributed by atoms with van der Waals surface area (Å²) >= 11 is 0. The third kappa shape index (κ3) is 6.71. The number of methoxy groups -OCH3 is 1. The molecule has 1 unspecified atom stereocenters. The fourth-order valence-electron chi connectivity index (χ4n) is 3.85. The first kappa shape index (κ1) is 21.5. The minimum Gasteiger partial charge on any atom is -0.382 e. The van der Waals surface area contributed by atoms with Gasteiger partial charge >= 0.3 is 0 Å². The molecule has 2 fully saturated rings. The molecule has 0 aliphatic carbocycles. The molecule has 0 spiro atoms. The number of nitrogens with one attached hydrogen (secondary N) is 1. The largest absolute Gasteiger partial charge is 0.382 e. The number of ether oxygens (including phenoxy) is 2.